The summed E-state index contributed by atoms with van der Waals surface area (Å²) in [4.78, 5) is 0. The van der Waals surface area contributed by atoms with Gasteiger partial charge in [0, 0.05) is 0 Å². The third kappa shape index (κ3) is 2.05. The topological polar surface area (TPSA) is 0 Å². The van der Waals surface area contributed by atoms with Crippen molar-refractivity contribution in [3.63, 3.8) is 0 Å². The SMILES string of the molecule is CC#CC(C(F)(F)F)(C(F)(F)F)C(F)(F)F. The Kier molecular flexibility index (Phi) is 3.50. The molecule has 0 N–H and O–H groups in total. The molecule has 0 aliphatic rings. The second-order valence-corrected chi connectivity index (χ2v) is 2.62. The van der Waals surface area contributed by atoms with Gasteiger partial charge in [-0.05, 0) is 6.92 Å². The summed E-state index contributed by atoms with van der Waals surface area (Å²) < 4.78 is 108. The molecule has 0 unspecified atom stereocenters. The number of alkyl halides is 9. The number of hydrogen-bond donors (Lipinski definition) is 0. The van der Waals surface area contributed by atoms with Gasteiger partial charge in [0.15, 0.2) is 0 Å². The predicted octanol–water partition coefficient (Wildman–Crippen LogP) is 3.68. The average molecular weight is 258 g/mol. The van der Waals surface area contributed by atoms with E-state index in [1.807, 2.05) is 0 Å². The molecule has 0 rings (SSSR count). The van der Waals surface area contributed by atoms with Crippen LogP contribution in [0.25, 0.3) is 0 Å². The van der Waals surface area contributed by atoms with E-state index in [1.54, 1.807) is 0 Å². The summed E-state index contributed by atoms with van der Waals surface area (Å²) in [5, 5.41) is 0. The van der Waals surface area contributed by atoms with Crippen LogP contribution in [-0.2, 0) is 0 Å². The fraction of sp³-hybridized carbons (Fsp3) is 0.714. The van der Waals surface area contributed by atoms with Gasteiger partial charge in [0.2, 0.25) is 0 Å². The highest BCUT2D eigenvalue weighted by Gasteiger charge is 2.83. The van der Waals surface area contributed by atoms with Gasteiger partial charge in [-0.2, -0.15) is 39.5 Å². The second-order valence-electron chi connectivity index (χ2n) is 2.62. The van der Waals surface area contributed by atoms with Crippen LogP contribution >= 0.6 is 0 Å². The van der Waals surface area contributed by atoms with Crippen molar-refractivity contribution in [2.24, 2.45) is 5.41 Å². The van der Waals surface area contributed by atoms with Gasteiger partial charge in [-0.15, -0.1) is 5.92 Å². The smallest absolute Gasteiger partial charge is 0.168 e. The maximum absolute atomic E-state index is 12.0. The molecule has 9 heteroatoms. The average Bonchev–Trinajstić information content (AvgIpc) is 1.91. The lowest BCUT2D eigenvalue weighted by atomic mass is 9.86. The summed E-state index contributed by atoms with van der Waals surface area (Å²) >= 11 is 0. The van der Waals surface area contributed by atoms with Crippen LogP contribution in [0.1, 0.15) is 6.92 Å². The zero-order valence-electron chi connectivity index (χ0n) is 7.40. The minimum atomic E-state index is -6.59. The fourth-order valence-corrected chi connectivity index (χ4v) is 0.882. The van der Waals surface area contributed by atoms with E-state index in [0.717, 1.165) is 5.92 Å². The van der Waals surface area contributed by atoms with Gasteiger partial charge in [-0.3, -0.25) is 0 Å². The summed E-state index contributed by atoms with van der Waals surface area (Å²) in [5.41, 5.74) is -6.00. The van der Waals surface area contributed by atoms with E-state index in [1.165, 1.54) is 0 Å². The van der Waals surface area contributed by atoms with Gasteiger partial charge >= 0.3 is 23.9 Å². The summed E-state index contributed by atoms with van der Waals surface area (Å²) in [6.45, 7) is 0.456. The molecule has 16 heavy (non-hydrogen) atoms. The molecule has 0 atom stereocenters. The minimum absolute atomic E-state index is 0.191. The Bertz CT molecular complexity index is 268. The van der Waals surface area contributed by atoms with Crippen molar-refractivity contribution in [3.8, 4) is 11.8 Å². The highest BCUT2D eigenvalue weighted by atomic mass is 19.4. The minimum Gasteiger partial charge on any atom is -0.168 e. The van der Waals surface area contributed by atoms with Crippen LogP contribution in [0.2, 0.25) is 0 Å². The largest absolute Gasteiger partial charge is 0.423 e. The Balaban J connectivity index is 6.12. The predicted molar refractivity (Wildman–Crippen MR) is 34.0 cm³/mol. The Morgan fingerprint density at radius 3 is 0.938 bits per heavy atom. The van der Waals surface area contributed by atoms with Crippen molar-refractivity contribution in [2.75, 3.05) is 0 Å². The lowest BCUT2D eigenvalue weighted by Crippen LogP contribution is -2.58. The first-order valence-corrected chi connectivity index (χ1v) is 3.45. The highest BCUT2D eigenvalue weighted by molar-refractivity contribution is 5.21. The molecule has 0 radical (unpaired) electrons. The molecular formula is C7H3F9. The number of hydrogen-bond acceptors (Lipinski definition) is 0. The monoisotopic (exact) mass is 258 g/mol. The molecule has 0 fully saturated rings. The molecule has 94 valence electrons. The van der Waals surface area contributed by atoms with Crippen LogP contribution in [0.5, 0.6) is 0 Å². The quantitative estimate of drug-likeness (QED) is 0.459. The molecule has 0 aromatic rings. The second kappa shape index (κ2) is 3.75. The maximum Gasteiger partial charge on any atom is 0.423 e. The summed E-state index contributed by atoms with van der Waals surface area (Å²) in [6.07, 6.45) is -19.8. The van der Waals surface area contributed by atoms with E-state index >= 15 is 0 Å². The molecule has 0 aliphatic heterocycles. The molecule has 0 saturated heterocycles. The number of rotatable bonds is 0. The third-order valence-corrected chi connectivity index (χ3v) is 1.59. The van der Waals surface area contributed by atoms with Gasteiger partial charge < -0.3 is 0 Å². The van der Waals surface area contributed by atoms with Crippen molar-refractivity contribution in [1.82, 2.24) is 0 Å². The van der Waals surface area contributed by atoms with Gasteiger partial charge in [0.1, 0.15) is 0 Å². The Labute approximate surface area is 83.4 Å². The van der Waals surface area contributed by atoms with Crippen LogP contribution in [0.4, 0.5) is 39.5 Å². The van der Waals surface area contributed by atoms with Gasteiger partial charge in [0.05, 0.1) is 0 Å². The normalized spacial score (nSPS) is 14.4. The van der Waals surface area contributed by atoms with Crippen LogP contribution < -0.4 is 0 Å². The zero-order chi connectivity index (χ0) is 13.4. The molecule has 0 bridgehead atoms. The lowest BCUT2D eigenvalue weighted by molar-refractivity contribution is -0.402. The first-order valence-electron chi connectivity index (χ1n) is 3.45. The molecule has 0 nitrogen and oxygen atoms in total. The molecular weight excluding hydrogens is 255 g/mol. The zero-order valence-corrected chi connectivity index (χ0v) is 7.40. The highest BCUT2D eigenvalue weighted by Crippen LogP contribution is 2.58. The van der Waals surface area contributed by atoms with Gasteiger partial charge in [-0.1, -0.05) is 5.92 Å². The van der Waals surface area contributed by atoms with Crippen LogP contribution in [0, 0.1) is 17.3 Å². The van der Waals surface area contributed by atoms with E-state index < -0.39 is 23.9 Å². The van der Waals surface area contributed by atoms with E-state index in [9.17, 15) is 39.5 Å². The molecule has 0 heterocycles. The first-order chi connectivity index (χ1) is 6.81. The Hall–Kier alpha value is -1.07. The van der Waals surface area contributed by atoms with E-state index in [0.29, 0.717) is 6.92 Å². The summed E-state index contributed by atoms with van der Waals surface area (Å²) in [7, 11) is 0. The van der Waals surface area contributed by atoms with Crippen molar-refractivity contribution < 1.29 is 39.5 Å². The van der Waals surface area contributed by atoms with Crippen molar-refractivity contribution in [3.05, 3.63) is 0 Å². The Morgan fingerprint density at radius 1 is 0.625 bits per heavy atom. The molecule has 0 saturated carbocycles. The van der Waals surface area contributed by atoms with Crippen molar-refractivity contribution >= 4 is 0 Å². The van der Waals surface area contributed by atoms with E-state index in [4.69, 9.17) is 0 Å². The first kappa shape index (κ1) is 14.9. The fourth-order valence-electron chi connectivity index (χ4n) is 0.882. The van der Waals surface area contributed by atoms with Gasteiger partial charge in [-0.25, -0.2) is 0 Å². The Morgan fingerprint density at radius 2 is 0.875 bits per heavy atom. The molecule has 0 amide bonds. The molecule has 0 aromatic heterocycles. The van der Waals surface area contributed by atoms with E-state index in [2.05, 4.69) is 0 Å². The van der Waals surface area contributed by atoms with Crippen LogP contribution in [-0.4, -0.2) is 18.5 Å². The number of halogens is 9. The van der Waals surface area contributed by atoms with E-state index in [-0.39, 0.29) is 5.92 Å². The third-order valence-electron chi connectivity index (χ3n) is 1.59. The lowest BCUT2D eigenvalue weighted by Gasteiger charge is -2.34. The van der Waals surface area contributed by atoms with Gasteiger partial charge in [0.25, 0.3) is 0 Å². The van der Waals surface area contributed by atoms with Crippen LogP contribution in [0.15, 0.2) is 0 Å². The van der Waals surface area contributed by atoms with Crippen molar-refractivity contribution in [1.29, 1.82) is 0 Å². The molecule has 0 aliphatic carbocycles. The molecule has 0 aromatic carbocycles. The summed E-state index contributed by atoms with van der Waals surface area (Å²) in [6, 6.07) is 0. The van der Waals surface area contributed by atoms with Crippen molar-refractivity contribution in [2.45, 2.75) is 25.5 Å². The molecule has 0 spiro atoms. The summed E-state index contributed by atoms with van der Waals surface area (Å²) in [5.74, 6) is 1.21. The standard InChI is InChI=1S/C7H3F9/c1-2-3-4(5(8,9)10,6(11,12)13)7(14,15)16/h1H3. The van der Waals surface area contributed by atoms with Crippen LogP contribution in [0.3, 0.4) is 0 Å². The maximum atomic E-state index is 12.0.